The molecule has 0 aliphatic rings. The van der Waals surface area contributed by atoms with E-state index in [9.17, 15) is 9.59 Å². The van der Waals surface area contributed by atoms with Gasteiger partial charge in [0.2, 0.25) is 0 Å². The van der Waals surface area contributed by atoms with Crippen molar-refractivity contribution in [3.63, 3.8) is 0 Å². The van der Waals surface area contributed by atoms with Gasteiger partial charge in [0.15, 0.2) is 6.10 Å². The molecule has 7 heteroatoms. The van der Waals surface area contributed by atoms with Crippen LogP contribution in [0, 0.1) is 13.8 Å². The first-order chi connectivity index (χ1) is 15.9. The first kappa shape index (κ1) is 23.5. The van der Waals surface area contributed by atoms with Gasteiger partial charge in [0.1, 0.15) is 18.1 Å². The summed E-state index contributed by atoms with van der Waals surface area (Å²) in [5.74, 6) is 0.425. The van der Waals surface area contributed by atoms with E-state index in [1.54, 1.807) is 19.2 Å². The lowest BCUT2D eigenvalue weighted by atomic mass is 10.1. The minimum Gasteiger partial charge on any atom is -0.487 e. The van der Waals surface area contributed by atoms with E-state index in [2.05, 4.69) is 15.8 Å². The summed E-state index contributed by atoms with van der Waals surface area (Å²) in [6.07, 6.45) is 3.92. The Balaban J connectivity index is 1.43. The molecule has 1 unspecified atom stereocenters. The van der Waals surface area contributed by atoms with Crippen molar-refractivity contribution < 1.29 is 19.1 Å². The van der Waals surface area contributed by atoms with E-state index >= 15 is 0 Å². The number of hydrogen-bond acceptors (Lipinski definition) is 5. The Kier molecular flexibility index (Phi) is 8.18. The minimum atomic E-state index is -0.770. The molecular weight excluding hydrogens is 418 g/mol. The lowest BCUT2D eigenvalue weighted by Gasteiger charge is -2.17. The Bertz CT molecular complexity index is 1110. The molecule has 1 atom stereocenters. The number of carbonyl (C=O) groups is 2. The van der Waals surface area contributed by atoms with E-state index in [0.29, 0.717) is 18.1 Å². The largest absolute Gasteiger partial charge is 0.487 e. The van der Waals surface area contributed by atoms with Crippen molar-refractivity contribution in [1.29, 1.82) is 0 Å². The zero-order valence-electron chi connectivity index (χ0n) is 18.9. The van der Waals surface area contributed by atoms with Crippen LogP contribution in [0.15, 0.2) is 72.9 Å². The number of amides is 2. The average Bonchev–Trinajstić information content (AvgIpc) is 2.84. The Labute approximate surface area is 193 Å². The van der Waals surface area contributed by atoms with Gasteiger partial charge in [-0.25, -0.2) is 0 Å². The van der Waals surface area contributed by atoms with Gasteiger partial charge in [-0.3, -0.25) is 25.4 Å². The van der Waals surface area contributed by atoms with Crippen LogP contribution in [0.3, 0.4) is 0 Å². The van der Waals surface area contributed by atoms with E-state index < -0.39 is 17.9 Å². The van der Waals surface area contributed by atoms with Crippen molar-refractivity contribution >= 4 is 17.9 Å². The molecule has 170 valence electrons. The third-order valence-corrected chi connectivity index (χ3v) is 4.96. The van der Waals surface area contributed by atoms with Gasteiger partial charge in [-0.1, -0.05) is 30.3 Å². The molecule has 1 heterocycles. The lowest BCUT2D eigenvalue weighted by Crippen LogP contribution is -2.46. The first-order valence-electron chi connectivity index (χ1n) is 10.6. The number of hydrazine groups is 1. The highest BCUT2D eigenvalue weighted by Crippen LogP contribution is 2.21. The Morgan fingerprint density at radius 1 is 1.00 bits per heavy atom. The summed E-state index contributed by atoms with van der Waals surface area (Å²) >= 11 is 0. The molecule has 2 aromatic carbocycles. The summed E-state index contributed by atoms with van der Waals surface area (Å²) in [6.45, 7) is 5.91. The Hall–Kier alpha value is -4.13. The van der Waals surface area contributed by atoms with Crippen LogP contribution in [-0.2, 0) is 16.2 Å². The maximum absolute atomic E-state index is 12.2. The summed E-state index contributed by atoms with van der Waals surface area (Å²) < 4.78 is 11.4. The monoisotopic (exact) mass is 445 g/mol. The zero-order valence-corrected chi connectivity index (χ0v) is 18.9. The highest BCUT2D eigenvalue weighted by molar-refractivity contribution is 5.93. The standard InChI is InChI=1S/C26H27N3O4/c1-18-7-6-9-24(19(18)2)33-20(3)26(31)29-28-25(30)15-12-21-10-13-23(14-11-21)32-17-22-8-4-5-16-27-22/h4-16,20H,17H2,1-3H3,(H,28,30)(H,29,31)/b15-12+. The molecule has 7 nitrogen and oxygen atoms in total. The number of hydrogen-bond donors (Lipinski definition) is 2. The summed E-state index contributed by atoms with van der Waals surface area (Å²) in [4.78, 5) is 28.5. The summed E-state index contributed by atoms with van der Waals surface area (Å²) in [5, 5.41) is 0. The second kappa shape index (κ2) is 11.5. The van der Waals surface area contributed by atoms with E-state index in [-0.39, 0.29) is 0 Å². The van der Waals surface area contributed by atoms with Crippen molar-refractivity contribution in [3.8, 4) is 11.5 Å². The van der Waals surface area contributed by atoms with Gasteiger partial charge in [0, 0.05) is 12.3 Å². The number of benzene rings is 2. The third-order valence-electron chi connectivity index (χ3n) is 4.96. The third kappa shape index (κ3) is 7.21. The molecule has 0 bridgehead atoms. The maximum Gasteiger partial charge on any atom is 0.279 e. The molecule has 0 radical (unpaired) electrons. The molecule has 2 N–H and O–H groups in total. The summed E-state index contributed by atoms with van der Waals surface area (Å²) in [6, 6.07) is 18.6. The minimum absolute atomic E-state index is 0.379. The maximum atomic E-state index is 12.2. The number of carbonyl (C=O) groups excluding carboxylic acids is 2. The number of nitrogens with zero attached hydrogens (tertiary/aromatic N) is 1. The second-order valence-electron chi connectivity index (χ2n) is 7.45. The normalized spacial score (nSPS) is 11.6. The van der Waals surface area contributed by atoms with Crippen LogP contribution in [0.2, 0.25) is 0 Å². The van der Waals surface area contributed by atoms with Gasteiger partial charge in [0.05, 0.1) is 5.69 Å². The first-order valence-corrected chi connectivity index (χ1v) is 10.6. The van der Waals surface area contributed by atoms with Crippen LogP contribution >= 0.6 is 0 Å². The molecule has 3 rings (SSSR count). The molecule has 0 saturated carbocycles. The number of ether oxygens (including phenoxy) is 2. The lowest BCUT2D eigenvalue weighted by molar-refractivity contribution is -0.131. The highest BCUT2D eigenvalue weighted by atomic mass is 16.5. The molecule has 3 aromatic rings. The number of nitrogens with one attached hydrogen (secondary N) is 2. The fraction of sp³-hybridized carbons (Fsp3) is 0.192. The number of rotatable bonds is 8. The van der Waals surface area contributed by atoms with E-state index in [4.69, 9.17) is 9.47 Å². The van der Waals surface area contributed by atoms with Crippen molar-refractivity contribution in [1.82, 2.24) is 15.8 Å². The number of pyridine rings is 1. The van der Waals surface area contributed by atoms with E-state index in [1.165, 1.54) is 6.08 Å². The quantitative estimate of drug-likeness (QED) is 0.405. The highest BCUT2D eigenvalue weighted by Gasteiger charge is 2.16. The van der Waals surface area contributed by atoms with Gasteiger partial charge in [-0.2, -0.15) is 0 Å². The topological polar surface area (TPSA) is 89.6 Å². The molecule has 1 aromatic heterocycles. The predicted octanol–water partition coefficient (Wildman–Crippen LogP) is 3.91. The van der Waals surface area contributed by atoms with Crippen LogP contribution in [-0.4, -0.2) is 22.9 Å². The molecule has 0 fully saturated rings. The molecular formula is C26H27N3O4. The van der Waals surface area contributed by atoms with Gasteiger partial charge in [-0.05, 0) is 73.9 Å². The molecule has 0 spiro atoms. The van der Waals surface area contributed by atoms with E-state index in [1.807, 2.05) is 74.5 Å². The Morgan fingerprint density at radius 2 is 1.79 bits per heavy atom. The summed E-state index contributed by atoms with van der Waals surface area (Å²) in [5.41, 5.74) is 8.43. The number of aryl methyl sites for hydroxylation is 1. The predicted molar refractivity (Wildman–Crippen MR) is 126 cm³/mol. The molecule has 0 aliphatic carbocycles. The second-order valence-corrected chi connectivity index (χ2v) is 7.45. The van der Waals surface area contributed by atoms with Crippen LogP contribution in [0.4, 0.5) is 0 Å². The van der Waals surface area contributed by atoms with Crippen LogP contribution < -0.4 is 20.3 Å². The van der Waals surface area contributed by atoms with Crippen molar-refractivity contribution in [2.45, 2.75) is 33.5 Å². The SMILES string of the molecule is Cc1cccc(OC(C)C(=O)NNC(=O)/C=C/c2ccc(OCc3ccccn3)cc2)c1C. The summed E-state index contributed by atoms with van der Waals surface area (Å²) in [7, 11) is 0. The van der Waals surface area contributed by atoms with Crippen molar-refractivity contribution in [2.24, 2.45) is 0 Å². The fourth-order valence-electron chi connectivity index (χ4n) is 2.85. The van der Waals surface area contributed by atoms with Crippen LogP contribution in [0.1, 0.15) is 29.3 Å². The van der Waals surface area contributed by atoms with Gasteiger partial charge >= 0.3 is 0 Å². The van der Waals surface area contributed by atoms with Crippen molar-refractivity contribution in [2.75, 3.05) is 0 Å². The molecule has 0 aliphatic heterocycles. The fourth-order valence-corrected chi connectivity index (χ4v) is 2.85. The van der Waals surface area contributed by atoms with Crippen molar-refractivity contribution in [3.05, 3.63) is 95.3 Å². The Morgan fingerprint density at radius 3 is 2.52 bits per heavy atom. The van der Waals surface area contributed by atoms with E-state index in [0.717, 1.165) is 22.4 Å². The average molecular weight is 446 g/mol. The van der Waals surface area contributed by atoms with Crippen LogP contribution in [0.25, 0.3) is 6.08 Å². The van der Waals surface area contributed by atoms with Crippen LogP contribution in [0.5, 0.6) is 11.5 Å². The number of aromatic nitrogens is 1. The van der Waals surface area contributed by atoms with Gasteiger partial charge in [0.25, 0.3) is 11.8 Å². The molecule has 0 saturated heterocycles. The molecule has 2 amide bonds. The zero-order chi connectivity index (χ0) is 23.6. The smallest absolute Gasteiger partial charge is 0.279 e. The molecule has 33 heavy (non-hydrogen) atoms. The van der Waals surface area contributed by atoms with Gasteiger partial charge < -0.3 is 9.47 Å². The van der Waals surface area contributed by atoms with Gasteiger partial charge in [-0.15, -0.1) is 0 Å².